The summed E-state index contributed by atoms with van der Waals surface area (Å²) in [4.78, 5) is 5.04. The van der Waals surface area contributed by atoms with Gasteiger partial charge in [-0.25, -0.2) is 0 Å². The molecule has 4 heteroatoms. The molecule has 0 radical (unpaired) electrons. The molecule has 4 nitrogen and oxygen atoms in total. The van der Waals surface area contributed by atoms with Crippen LogP contribution in [0.5, 0.6) is 5.75 Å². The second kappa shape index (κ2) is 8.32. The number of anilines is 1. The molecule has 2 aliphatic heterocycles. The third-order valence-electron chi connectivity index (χ3n) is 5.85. The molecule has 4 rings (SSSR count). The lowest BCUT2D eigenvalue weighted by Gasteiger charge is -2.37. The molecular weight excluding hydrogens is 336 g/mol. The smallest absolute Gasteiger partial charge is 0.119 e. The molecule has 0 aliphatic carbocycles. The molecule has 0 bridgehead atoms. The van der Waals surface area contributed by atoms with Gasteiger partial charge in [-0.1, -0.05) is 23.8 Å². The number of aryl methyl sites for hydroxylation is 1. The molecule has 2 aliphatic rings. The SMILES string of the molecule is COc1ccc(N2CCN(CCC3OCCc4cc(C)ccc43)CC2)cc1. The first-order chi connectivity index (χ1) is 13.2. The highest BCUT2D eigenvalue weighted by atomic mass is 16.5. The lowest BCUT2D eigenvalue weighted by Crippen LogP contribution is -2.46. The Morgan fingerprint density at radius 1 is 1.04 bits per heavy atom. The minimum absolute atomic E-state index is 0.258. The van der Waals surface area contributed by atoms with Crippen LogP contribution in [0.25, 0.3) is 0 Å². The molecule has 0 saturated carbocycles. The third kappa shape index (κ3) is 4.28. The minimum atomic E-state index is 0.258. The molecule has 2 aromatic carbocycles. The van der Waals surface area contributed by atoms with Gasteiger partial charge in [0.25, 0.3) is 0 Å². The van der Waals surface area contributed by atoms with Crippen LogP contribution in [0, 0.1) is 6.92 Å². The van der Waals surface area contributed by atoms with Gasteiger partial charge in [-0.3, -0.25) is 4.90 Å². The van der Waals surface area contributed by atoms with E-state index < -0.39 is 0 Å². The van der Waals surface area contributed by atoms with Gasteiger partial charge in [0.15, 0.2) is 0 Å². The molecule has 1 fully saturated rings. The van der Waals surface area contributed by atoms with E-state index in [0.29, 0.717) is 0 Å². The minimum Gasteiger partial charge on any atom is -0.497 e. The summed E-state index contributed by atoms with van der Waals surface area (Å²) in [5, 5.41) is 0. The van der Waals surface area contributed by atoms with Crippen molar-refractivity contribution in [2.75, 3.05) is 51.3 Å². The molecule has 1 atom stereocenters. The van der Waals surface area contributed by atoms with E-state index in [-0.39, 0.29) is 6.10 Å². The molecule has 144 valence electrons. The van der Waals surface area contributed by atoms with E-state index in [0.717, 1.165) is 57.9 Å². The summed E-state index contributed by atoms with van der Waals surface area (Å²) < 4.78 is 11.4. The molecule has 2 aromatic rings. The van der Waals surface area contributed by atoms with Crippen molar-refractivity contribution in [3.63, 3.8) is 0 Å². The van der Waals surface area contributed by atoms with Crippen molar-refractivity contribution in [2.24, 2.45) is 0 Å². The zero-order valence-electron chi connectivity index (χ0n) is 16.5. The lowest BCUT2D eigenvalue weighted by atomic mass is 9.94. The van der Waals surface area contributed by atoms with Crippen molar-refractivity contribution >= 4 is 5.69 Å². The summed E-state index contributed by atoms with van der Waals surface area (Å²) in [5.74, 6) is 0.917. The summed E-state index contributed by atoms with van der Waals surface area (Å²) in [5.41, 5.74) is 5.53. The van der Waals surface area contributed by atoms with E-state index in [1.54, 1.807) is 7.11 Å². The molecule has 1 unspecified atom stereocenters. The highest BCUT2D eigenvalue weighted by molar-refractivity contribution is 5.49. The number of nitrogens with zero attached hydrogens (tertiary/aromatic N) is 2. The van der Waals surface area contributed by atoms with E-state index in [1.165, 1.54) is 22.4 Å². The predicted octanol–water partition coefficient (Wildman–Crippen LogP) is 3.83. The Kier molecular flexibility index (Phi) is 5.65. The lowest BCUT2D eigenvalue weighted by molar-refractivity contribution is 0.0289. The summed E-state index contributed by atoms with van der Waals surface area (Å²) in [6, 6.07) is 15.2. The zero-order valence-corrected chi connectivity index (χ0v) is 16.5. The fourth-order valence-electron chi connectivity index (χ4n) is 4.23. The largest absolute Gasteiger partial charge is 0.497 e. The van der Waals surface area contributed by atoms with Crippen molar-refractivity contribution < 1.29 is 9.47 Å². The van der Waals surface area contributed by atoms with Crippen LogP contribution in [0.1, 0.15) is 29.2 Å². The van der Waals surface area contributed by atoms with Gasteiger partial charge in [-0.2, -0.15) is 0 Å². The van der Waals surface area contributed by atoms with Gasteiger partial charge in [-0.15, -0.1) is 0 Å². The Labute approximate surface area is 162 Å². The van der Waals surface area contributed by atoms with Crippen LogP contribution in [-0.4, -0.2) is 51.3 Å². The molecular formula is C23H30N2O2. The Hall–Kier alpha value is -2.04. The number of benzene rings is 2. The quantitative estimate of drug-likeness (QED) is 0.803. The third-order valence-corrected chi connectivity index (χ3v) is 5.85. The second-order valence-corrected chi connectivity index (χ2v) is 7.63. The number of piperazine rings is 1. The van der Waals surface area contributed by atoms with Crippen molar-refractivity contribution in [1.29, 1.82) is 0 Å². The van der Waals surface area contributed by atoms with Crippen molar-refractivity contribution in [2.45, 2.75) is 25.9 Å². The van der Waals surface area contributed by atoms with Crippen LogP contribution < -0.4 is 9.64 Å². The number of rotatable bonds is 5. The van der Waals surface area contributed by atoms with Crippen molar-refractivity contribution in [3.05, 3.63) is 59.2 Å². The van der Waals surface area contributed by atoms with Gasteiger partial charge < -0.3 is 14.4 Å². The van der Waals surface area contributed by atoms with Crippen LogP contribution in [0.15, 0.2) is 42.5 Å². The fraction of sp³-hybridized carbons (Fsp3) is 0.478. The molecule has 2 heterocycles. The molecule has 0 N–H and O–H groups in total. The maximum atomic E-state index is 6.10. The van der Waals surface area contributed by atoms with Crippen LogP contribution in [0.4, 0.5) is 5.69 Å². The molecule has 0 amide bonds. The summed E-state index contributed by atoms with van der Waals surface area (Å²) in [6.45, 7) is 8.51. The van der Waals surface area contributed by atoms with E-state index >= 15 is 0 Å². The Balaban J connectivity index is 1.29. The molecule has 0 aromatic heterocycles. The maximum absolute atomic E-state index is 6.10. The summed E-state index contributed by atoms with van der Waals surface area (Å²) in [7, 11) is 1.71. The van der Waals surface area contributed by atoms with E-state index in [4.69, 9.17) is 9.47 Å². The molecule has 27 heavy (non-hydrogen) atoms. The molecule has 1 saturated heterocycles. The monoisotopic (exact) mass is 366 g/mol. The van der Waals surface area contributed by atoms with E-state index in [2.05, 4.69) is 47.1 Å². The molecule has 0 spiro atoms. The van der Waals surface area contributed by atoms with Gasteiger partial charge in [-0.05, 0) is 55.2 Å². The number of methoxy groups -OCH3 is 1. The van der Waals surface area contributed by atoms with Crippen molar-refractivity contribution in [1.82, 2.24) is 4.90 Å². The first-order valence-corrected chi connectivity index (χ1v) is 10.1. The number of hydrogen-bond donors (Lipinski definition) is 0. The first-order valence-electron chi connectivity index (χ1n) is 10.1. The summed E-state index contributed by atoms with van der Waals surface area (Å²) in [6.07, 6.45) is 2.39. The summed E-state index contributed by atoms with van der Waals surface area (Å²) >= 11 is 0. The second-order valence-electron chi connectivity index (χ2n) is 7.63. The van der Waals surface area contributed by atoms with E-state index in [1.807, 2.05) is 12.1 Å². The number of ether oxygens (including phenoxy) is 2. The Bertz CT molecular complexity index is 751. The van der Waals surface area contributed by atoms with Crippen LogP contribution in [0.3, 0.4) is 0 Å². The fourth-order valence-corrected chi connectivity index (χ4v) is 4.23. The average Bonchev–Trinajstić information content (AvgIpc) is 2.72. The van der Waals surface area contributed by atoms with Gasteiger partial charge in [0, 0.05) is 38.4 Å². The van der Waals surface area contributed by atoms with E-state index in [9.17, 15) is 0 Å². The highest BCUT2D eigenvalue weighted by Gasteiger charge is 2.23. The Morgan fingerprint density at radius 3 is 2.56 bits per heavy atom. The van der Waals surface area contributed by atoms with Crippen LogP contribution in [-0.2, 0) is 11.2 Å². The zero-order chi connectivity index (χ0) is 18.6. The van der Waals surface area contributed by atoms with Gasteiger partial charge >= 0.3 is 0 Å². The topological polar surface area (TPSA) is 24.9 Å². The van der Waals surface area contributed by atoms with Gasteiger partial charge in [0.1, 0.15) is 5.75 Å². The standard InChI is InChI=1S/C23H30N2O2/c1-18-3-8-22-19(17-18)10-16-27-23(22)9-11-24-12-14-25(15-13-24)20-4-6-21(26-2)7-5-20/h3-8,17,23H,9-16H2,1-2H3. The van der Waals surface area contributed by atoms with Crippen LogP contribution >= 0.6 is 0 Å². The maximum Gasteiger partial charge on any atom is 0.119 e. The van der Waals surface area contributed by atoms with Crippen molar-refractivity contribution in [3.8, 4) is 5.75 Å². The number of fused-ring (bicyclic) bond motifs is 1. The predicted molar refractivity (Wildman–Crippen MR) is 110 cm³/mol. The normalized spacial score (nSPS) is 20.4. The Morgan fingerprint density at radius 2 is 1.81 bits per heavy atom. The van der Waals surface area contributed by atoms with Gasteiger partial charge in [0.05, 0.1) is 19.8 Å². The number of hydrogen-bond acceptors (Lipinski definition) is 4. The van der Waals surface area contributed by atoms with Gasteiger partial charge in [0.2, 0.25) is 0 Å². The van der Waals surface area contributed by atoms with Crippen LogP contribution in [0.2, 0.25) is 0 Å². The average molecular weight is 367 g/mol. The highest BCUT2D eigenvalue weighted by Crippen LogP contribution is 2.30. The first kappa shape index (κ1) is 18.3.